The Bertz CT molecular complexity index is 438. The average Bonchev–Trinajstić information content (AvgIpc) is 2.35. The van der Waals surface area contributed by atoms with Crippen molar-refractivity contribution in [1.82, 2.24) is 10.3 Å². The van der Waals surface area contributed by atoms with Crippen molar-refractivity contribution in [3.63, 3.8) is 0 Å². The number of nitrogens with one attached hydrogen (secondary N) is 1. The van der Waals surface area contributed by atoms with Gasteiger partial charge in [0.2, 0.25) is 0 Å². The van der Waals surface area contributed by atoms with Crippen molar-refractivity contribution in [2.75, 3.05) is 25.1 Å². The van der Waals surface area contributed by atoms with Gasteiger partial charge in [0, 0.05) is 31.9 Å². The number of nitrogens with zero attached hydrogens (tertiary/aromatic N) is 2. The molecule has 120 valence electrons. The summed E-state index contributed by atoms with van der Waals surface area (Å²) in [6, 6.07) is 2.21. The lowest BCUT2D eigenvalue weighted by atomic mass is 10.1. The molecule has 0 bridgehead atoms. The Balaban J connectivity index is 2.60. The molecule has 1 heterocycles. The SMILES string of the molecule is Cc1cc(CNC(C)(C)C)cnc1N(C)CCOC(C)C. The van der Waals surface area contributed by atoms with Crippen LogP contribution in [0, 0.1) is 6.92 Å². The van der Waals surface area contributed by atoms with E-state index in [1.807, 2.05) is 6.20 Å². The van der Waals surface area contributed by atoms with E-state index in [1.54, 1.807) is 0 Å². The van der Waals surface area contributed by atoms with Crippen LogP contribution in [0.3, 0.4) is 0 Å². The fourth-order valence-corrected chi connectivity index (χ4v) is 2.02. The smallest absolute Gasteiger partial charge is 0.131 e. The van der Waals surface area contributed by atoms with Crippen molar-refractivity contribution in [3.8, 4) is 0 Å². The second-order valence-corrected chi connectivity index (χ2v) is 6.93. The topological polar surface area (TPSA) is 37.4 Å². The van der Waals surface area contributed by atoms with Gasteiger partial charge in [-0.3, -0.25) is 0 Å². The summed E-state index contributed by atoms with van der Waals surface area (Å²) in [5, 5.41) is 3.49. The number of aromatic nitrogens is 1. The number of hydrogen-bond donors (Lipinski definition) is 1. The summed E-state index contributed by atoms with van der Waals surface area (Å²) >= 11 is 0. The number of pyridine rings is 1. The van der Waals surface area contributed by atoms with Crippen molar-refractivity contribution < 1.29 is 4.74 Å². The first kappa shape index (κ1) is 17.9. The van der Waals surface area contributed by atoms with Crippen molar-refractivity contribution in [3.05, 3.63) is 23.4 Å². The second kappa shape index (κ2) is 7.76. The van der Waals surface area contributed by atoms with Crippen LogP contribution in [0.2, 0.25) is 0 Å². The van der Waals surface area contributed by atoms with E-state index in [-0.39, 0.29) is 11.6 Å². The molecule has 0 saturated carbocycles. The first-order valence-corrected chi connectivity index (χ1v) is 7.72. The lowest BCUT2D eigenvalue weighted by Gasteiger charge is -2.23. The summed E-state index contributed by atoms with van der Waals surface area (Å²) in [6.45, 7) is 15.2. The van der Waals surface area contributed by atoms with Gasteiger partial charge in [0.25, 0.3) is 0 Å². The number of hydrogen-bond acceptors (Lipinski definition) is 4. The highest BCUT2D eigenvalue weighted by Gasteiger charge is 2.11. The van der Waals surface area contributed by atoms with Gasteiger partial charge in [0.15, 0.2) is 0 Å². The van der Waals surface area contributed by atoms with Gasteiger partial charge >= 0.3 is 0 Å². The van der Waals surface area contributed by atoms with E-state index in [0.717, 1.165) is 25.5 Å². The molecule has 0 saturated heterocycles. The van der Waals surface area contributed by atoms with Crippen molar-refractivity contribution in [1.29, 1.82) is 0 Å². The standard InChI is InChI=1S/C17H31N3O/c1-13(2)21-9-8-20(7)16-14(3)10-15(11-18-16)12-19-17(4,5)6/h10-11,13,19H,8-9,12H2,1-7H3. The third-order valence-corrected chi connectivity index (χ3v) is 3.17. The summed E-state index contributed by atoms with van der Waals surface area (Å²) in [5.74, 6) is 1.03. The van der Waals surface area contributed by atoms with E-state index in [0.29, 0.717) is 0 Å². The van der Waals surface area contributed by atoms with Crippen LogP contribution < -0.4 is 10.2 Å². The Morgan fingerprint density at radius 2 is 2.00 bits per heavy atom. The monoisotopic (exact) mass is 293 g/mol. The van der Waals surface area contributed by atoms with Gasteiger partial charge in [0.05, 0.1) is 12.7 Å². The van der Waals surface area contributed by atoms with Crippen LogP contribution in [0.4, 0.5) is 5.82 Å². The molecular weight excluding hydrogens is 262 g/mol. The Hall–Kier alpha value is -1.13. The Kier molecular flexibility index (Phi) is 6.62. The molecule has 1 rings (SSSR count). The van der Waals surface area contributed by atoms with Crippen LogP contribution in [0.5, 0.6) is 0 Å². The summed E-state index contributed by atoms with van der Waals surface area (Å²) in [6.07, 6.45) is 2.24. The maximum atomic E-state index is 5.59. The minimum atomic E-state index is 0.123. The van der Waals surface area contributed by atoms with Gasteiger partial charge in [-0.25, -0.2) is 4.98 Å². The molecule has 0 atom stereocenters. The molecule has 1 aromatic rings. The molecule has 21 heavy (non-hydrogen) atoms. The van der Waals surface area contributed by atoms with Crippen molar-refractivity contribution in [2.45, 2.75) is 59.7 Å². The molecule has 1 N–H and O–H groups in total. The molecule has 4 heteroatoms. The van der Waals surface area contributed by atoms with Crippen LogP contribution in [0.1, 0.15) is 45.7 Å². The minimum Gasteiger partial charge on any atom is -0.377 e. The molecule has 0 aliphatic heterocycles. The number of aryl methyl sites for hydroxylation is 1. The van der Waals surface area contributed by atoms with Crippen LogP contribution >= 0.6 is 0 Å². The third-order valence-electron chi connectivity index (χ3n) is 3.17. The molecule has 0 amide bonds. The normalized spacial score (nSPS) is 12.0. The zero-order valence-electron chi connectivity index (χ0n) is 14.7. The quantitative estimate of drug-likeness (QED) is 0.838. The van der Waals surface area contributed by atoms with Gasteiger partial charge in [0.1, 0.15) is 5.82 Å². The lowest BCUT2D eigenvalue weighted by Crippen LogP contribution is -2.35. The maximum Gasteiger partial charge on any atom is 0.131 e. The number of likely N-dealkylation sites (N-methyl/N-ethyl adjacent to an activating group) is 1. The molecule has 0 aliphatic rings. The predicted molar refractivity (Wildman–Crippen MR) is 89.9 cm³/mol. The molecule has 0 spiro atoms. The largest absolute Gasteiger partial charge is 0.377 e. The summed E-state index contributed by atoms with van der Waals surface area (Å²) < 4.78 is 5.59. The molecule has 0 unspecified atom stereocenters. The van der Waals surface area contributed by atoms with Crippen LogP contribution in [0.15, 0.2) is 12.3 Å². The first-order valence-electron chi connectivity index (χ1n) is 7.72. The number of rotatable bonds is 7. The summed E-state index contributed by atoms with van der Waals surface area (Å²) in [5.41, 5.74) is 2.55. The van der Waals surface area contributed by atoms with Crippen molar-refractivity contribution in [2.24, 2.45) is 0 Å². The van der Waals surface area contributed by atoms with Crippen molar-refractivity contribution >= 4 is 5.82 Å². The predicted octanol–water partition coefficient (Wildman–Crippen LogP) is 3.14. The van der Waals surface area contributed by atoms with Gasteiger partial charge in [-0.2, -0.15) is 0 Å². The number of ether oxygens (including phenoxy) is 1. The summed E-state index contributed by atoms with van der Waals surface area (Å²) in [7, 11) is 2.06. The van der Waals surface area contributed by atoms with E-state index >= 15 is 0 Å². The fraction of sp³-hybridized carbons (Fsp3) is 0.706. The lowest BCUT2D eigenvalue weighted by molar-refractivity contribution is 0.0845. The molecule has 4 nitrogen and oxygen atoms in total. The van der Waals surface area contributed by atoms with Crippen LogP contribution in [-0.4, -0.2) is 36.8 Å². The van der Waals surface area contributed by atoms with Crippen LogP contribution in [0.25, 0.3) is 0 Å². The molecule has 0 aromatic carbocycles. The Labute approximate surface area is 129 Å². The fourth-order valence-electron chi connectivity index (χ4n) is 2.02. The minimum absolute atomic E-state index is 0.123. The summed E-state index contributed by atoms with van der Waals surface area (Å²) in [4.78, 5) is 6.76. The molecule has 0 fully saturated rings. The van der Waals surface area contributed by atoms with E-state index in [4.69, 9.17) is 4.74 Å². The molecule has 1 aromatic heterocycles. The van der Waals surface area contributed by atoms with Crippen LogP contribution in [-0.2, 0) is 11.3 Å². The number of anilines is 1. The average molecular weight is 293 g/mol. The highest BCUT2D eigenvalue weighted by Crippen LogP contribution is 2.17. The van der Waals surface area contributed by atoms with E-state index in [9.17, 15) is 0 Å². The third kappa shape index (κ3) is 6.91. The Morgan fingerprint density at radius 1 is 1.33 bits per heavy atom. The first-order chi connectivity index (χ1) is 9.69. The van der Waals surface area contributed by atoms with Gasteiger partial charge in [-0.05, 0) is 58.7 Å². The molecular formula is C17H31N3O. The molecule has 0 radical (unpaired) electrons. The van der Waals surface area contributed by atoms with Gasteiger partial charge in [-0.15, -0.1) is 0 Å². The maximum absolute atomic E-state index is 5.59. The van der Waals surface area contributed by atoms with E-state index < -0.39 is 0 Å². The van der Waals surface area contributed by atoms with E-state index in [1.165, 1.54) is 11.1 Å². The zero-order valence-corrected chi connectivity index (χ0v) is 14.7. The highest BCUT2D eigenvalue weighted by molar-refractivity contribution is 5.46. The zero-order chi connectivity index (χ0) is 16.0. The van der Waals surface area contributed by atoms with Gasteiger partial charge < -0.3 is 15.0 Å². The highest BCUT2D eigenvalue weighted by atomic mass is 16.5. The van der Waals surface area contributed by atoms with Gasteiger partial charge in [-0.1, -0.05) is 0 Å². The molecule has 0 aliphatic carbocycles. The second-order valence-electron chi connectivity index (χ2n) is 6.93. The Morgan fingerprint density at radius 3 is 2.52 bits per heavy atom. The van der Waals surface area contributed by atoms with E-state index in [2.05, 4.69) is 69.9 Å².